The van der Waals surface area contributed by atoms with Gasteiger partial charge in [-0.15, -0.1) is 4.40 Å². The number of rotatable bonds is 4. The van der Waals surface area contributed by atoms with Crippen LogP contribution in [0, 0.1) is 3.57 Å². The second-order valence-electron chi connectivity index (χ2n) is 5.01. The molecule has 1 aromatic heterocycles. The first-order valence-electron chi connectivity index (χ1n) is 7.05. The number of fused-ring (bicyclic) bond motifs is 1. The van der Waals surface area contributed by atoms with Crippen molar-refractivity contribution in [2.75, 3.05) is 11.9 Å². The molecule has 0 spiro atoms. The molecular formula is C15H13IN4O3S. The lowest BCUT2D eigenvalue weighted by atomic mass is 10.2. The molecule has 0 radical (unpaired) electrons. The molecule has 2 aromatic rings. The molecule has 2 N–H and O–H groups in total. The summed E-state index contributed by atoms with van der Waals surface area (Å²) in [5.74, 6) is -0.802. The normalized spacial score (nSPS) is 15.0. The predicted octanol–water partition coefficient (Wildman–Crippen LogP) is 1.56. The molecule has 2 heterocycles. The molecule has 124 valence electrons. The first kappa shape index (κ1) is 16.8. The highest BCUT2D eigenvalue weighted by Gasteiger charge is 2.28. The molecule has 0 fully saturated rings. The minimum absolute atomic E-state index is 0.0689. The highest BCUT2D eigenvalue weighted by molar-refractivity contribution is 14.1. The number of hydrogen-bond acceptors (Lipinski definition) is 5. The van der Waals surface area contributed by atoms with Gasteiger partial charge in [0.25, 0.3) is 15.9 Å². The van der Waals surface area contributed by atoms with Crippen molar-refractivity contribution in [3.63, 3.8) is 0 Å². The third-order valence-corrected chi connectivity index (χ3v) is 5.28. The lowest BCUT2D eigenvalue weighted by molar-refractivity contribution is -0.114. The topological polar surface area (TPSA) is 101 Å². The van der Waals surface area contributed by atoms with Crippen molar-refractivity contribution in [2.45, 2.75) is 11.3 Å². The van der Waals surface area contributed by atoms with E-state index >= 15 is 0 Å². The SMILES string of the molecule is O=C(NCCc1ccccn1)C1=NS(=O)(=O)c2cc(I)ccc2N1. The number of carbonyl (C=O) groups is 1. The molecule has 7 nitrogen and oxygen atoms in total. The molecule has 1 aromatic carbocycles. The van der Waals surface area contributed by atoms with Crippen LogP contribution in [-0.4, -0.2) is 31.7 Å². The molecule has 9 heteroatoms. The number of amides is 1. The Bertz CT molecular complexity index is 914. The maximum Gasteiger partial charge on any atom is 0.287 e. The van der Waals surface area contributed by atoms with E-state index in [-0.39, 0.29) is 10.7 Å². The van der Waals surface area contributed by atoms with E-state index in [1.54, 1.807) is 18.3 Å². The first-order valence-corrected chi connectivity index (χ1v) is 9.57. The summed E-state index contributed by atoms with van der Waals surface area (Å²) in [4.78, 5) is 16.4. The van der Waals surface area contributed by atoms with Crippen LogP contribution < -0.4 is 10.6 Å². The maximum absolute atomic E-state index is 12.2. The van der Waals surface area contributed by atoms with Crippen molar-refractivity contribution >= 4 is 50.0 Å². The Kier molecular flexibility index (Phi) is 4.81. The molecular weight excluding hydrogens is 443 g/mol. The molecule has 24 heavy (non-hydrogen) atoms. The Hall–Kier alpha value is -2.01. The number of anilines is 1. The van der Waals surface area contributed by atoms with Crippen LogP contribution in [0.5, 0.6) is 0 Å². The highest BCUT2D eigenvalue weighted by atomic mass is 127. The van der Waals surface area contributed by atoms with Crippen LogP contribution in [0.4, 0.5) is 5.69 Å². The summed E-state index contributed by atoms with van der Waals surface area (Å²) in [6, 6.07) is 10.4. The van der Waals surface area contributed by atoms with E-state index in [0.717, 1.165) is 9.26 Å². The standard InChI is InChI=1S/C15H13IN4O3S/c16-10-4-5-12-13(9-10)24(22,23)20-14(19-12)15(21)18-8-6-11-3-1-2-7-17-11/h1-5,7,9H,6,8H2,(H,18,21)(H,19,20). The Morgan fingerprint density at radius 3 is 2.83 bits per heavy atom. The van der Waals surface area contributed by atoms with Gasteiger partial charge < -0.3 is 10.6 Å². The zero-order valence-electron chi connectivity index (χ0n) is 12.4. The minimum Gasteiger partial charge on any atom is -0.349 e. The predicted molar refractivity (Wildman–Crippen MR) is 98.4 cm³/mol. The van der Waals surface area contributed by atoms with Crippen molar-refractivity contribution in [3.05, 3.63) is 51.9 Å². The van der Waals surface area contributed by atoms with Gasteiger partial charge in [-0.05, 0) is 52.9 Å². The Balaban J connectivity index is 1.70. The van der Waals surface area contributed by atoms with Crippen LogP contribution >= 0.6 is 22.6 Å². The largest absolute Gasteiger partial charge is 0.349 e. The van der Waals surface area contributed by atoms with E-state index in [1.807, 2.05) is 40.8 Å². The maximum atomic E-state index is 12.2. The summed E-state index contributed by atoms with van der Waals surface area (Å²) in [6.45, 7) is 0.330. The second kappa shape index (κ2) is 6.85. The zero-order chi connectivity index (χ0) is 17.2. The smallest absolute Gasteiger partial charge is 0.287 e. The lowest BCUT2D eigenvalue weighted by Crippen LogP contribution is -2.39. The second-order valence-corrected chi connectivity index (χ2v) is 7.83. The number of halogens is 1. The summed E-state index contributed by atoms with van der Waals surface area (Å²) in [5, 5.41) is 5.41. The van der Waals surface area contributed by atoms with Gasteiger partial charge in [-0.2, -0.15) is 8.42 Å². The van der Waals surface area contributed by atoms with Gasteiger partial charge in [0, 0.05) is 28.4 Å². The summed E-state index contributed by atoms with van der Waals surface area (Å²) in [6.07, 6.45) is 2.22. The number of pyridine rings is 1. The summed E-state index contributed by atoms with van der Waals surface area (Å²) < 4.78 is 28.8. The van der Waals surface area contributed by atoms with Gasteiger partial charge in [-0.3, -0.25) is 9.78 Å². The van der Waals surface area contributed by atoms with Gasteiger partial charge in [0.15, 0.2) is 0 Å². The summed E-state index contributed by atoms with van der Waals surface area (Å²) >= 11 is 2.02. The third-order valence-electron chi connectivity index (χ3n) is 3.29. The third kappa shape index (κ3) is 3.73. The molecule has 0 saturated heterocycles. The fourth-order valence-corrected chi connectivity index (χ4v) is 4.01. The van der Waals surface area contributed by atoms with Gasteiger partial charge in [0.2, 0.25) is 5.84 Å². The van der Waals surface area contributed by atoms with Gasteiger partial charge in [0.1, 0.15) is 4.90 Å². The van der Waals surface area contributed by atoms with E-state index < -0.39 is 15.9 Å². The van der Waals surface area contributed by atoms with Crippen LogP contribution in [0.1, 0.15) is 5.69 Å². The lowest BCUT2D eigenvalue weighted by Gasteiger charge is -2.17. The zero-order valence-corrected chi connectivity index (χ0v) is 15.3. The van der Waals surface area contributed by atoms with Crippen molar-refractivity contribution in [1.29, 1.82) is 0 Å². The van der Waals surface area contributed by atoms with Crippen LogP contribution in [-0.2, 0) is 21.2 Å². The van der Waals surface area contributed by atoms with Crippen molar-refractivity contribution in [3.8, 4) is 0 Å². The fourth-order valence-electron chi connectivity index (χ4n) is 2.16. The summed E-state index contributed by atoms with van der Waals surface area (Å²) in [7, 11) is -3.89. The van der Waals surface area contributed by atoms with E-state index in [2.05, 4.69) is 20.0 Å². The number of carbonyl (C=O) groups excluding carboxylic acids is 1. The number of hydrogen-bond donors (Lipinski definition) is 2. The minimum atomic E-state index is -3.89. The number of nitrogens with one attached hydrogen (secondary N) is 2. The molecule has 0 bridgehead atoms. The Labute approximate surface area is 152 Å². The monoisotopic (exact) mass is 456 g/mol. The molecule has 1 aliphatic rings. The van der Waals surface area contributed by atoms with Gasteiger partial charge in [-0.25, -0.2) is 0 Å². The van der Waals surface area contributed by atoms with E-state index in [4.69, 9.17) is 0 Å². The van der Waals surface area contributed by atoms with Crippen molar-refractivity contribution in [2.24, 2.45) is 4.40 Å². The fraction of sp³-hybridized carbons (Fsp3) is 0.133. The average molecular weight is 456 g/mol. The number of amidine groups is 1. The van der Waals surface area contributed by atoms with Gasteiger partial charge in [-0.1, -0.05) is 6.07 Å². The van der Waals surface area contributed by atoms with Crippen LogP contribution in [0.3, 0.4) is 0 Å². The molecule has 1 amide bonds. The van der Waals surface area contributed by atoms with E-state index in [0.29, 0.717) is 18.7 Å². The first-order chi connectivity index (χ1) is 11.5. The molecule has 0 aliphatic carbocycles. The number of benzene rings is 1. The van der Waals surface area contributed by atoms with Crippen molar-refractivity contribution in [1.82, 2.24) is 10.3 Å². The molecule has 0 saturated carbocycles. The Morgan fingerprint density at radius 1 is 1.25 bits per heavy atom. The molecule has 1 aliphatic heterocycles. The van der Waals surface area contributed by atoms with Gasteiger partial charge >= 0.3 is 0 Å². The number of aromatic nitrogens is 1. The van der Waals surface area contributed by atoms with Crippen molar-refractivity contribution < 1.29 is 13.2 Å². The van der Waals surface area contributed by atoms with E-state index in [1.165, 1.54) is 6.07 Å². The van der Waals surface area contributed by atoms with Gasteiger partial charge in [0.05, 0.1) is 5.69 Å². The molecule has 0 atom stereocenters. The number of sulfonamides is 1. The number of nitrogens with zero attached hydrogens (tertiary/aromatic N) is 2. The van der Waals surface area contributed by atoms with Crippen LogP contribution in [0.15, 0.2) is 51.9 Å². The average Bonchev–Trinajstić information content (AvgIpc) is 2.56. The quantitative estimate of drug-likeness (QED) is 0.681. The summed E-state index contributed by atoms with van der Waals surface area (Å²) in [5.41, 5.74) is 1.18. The van der Waals surface area contributed by atoms with E-state index in [9.17, 15) is 13.2 Å². The molecule has 0 unspecified atom stereocenters. The molecule has 3 rings (SSSR count). The highest BCUT2D eigenvalue weighted by Crippen LogP contribution is 2.28. The Morgan fingerprint density at radius 2 is 2.08 bits per heavy atom. The van der Waals surface area contributed by atoms with Crippen LogP contribution in [0.25, 0.3) is 0 Å². The van der Waals surface area contributed by atoms with Crippen LogP contribution in [0.2, 0.25) is 0 Å².